The number of aromatic nitrogens is 6. The second kappa shape index (κ2) is 9.02. The Morgan fingerprint density at radius 2 is 1.97 bits per heavy atom. The lowest BCUT2D eigenvalue weighted by molar-refractivity contribution is 0.0944. The number of carbonyl (C=O) groups is 2. The number of ketones is 1. The van der Waals surface area contributed by atoms with Crippen molar-refractivity contribution in [2.24, 2.45) is 13.0 Å². The van der Waals surface area contributed by atoms with E-state index in [1.165, 1.54) is 17.2 Å². The van der Waals surface area contributed by atoms with Crippen molar-refractivity contribution in [2.75, 3.05) is 23.8 Å². The Bertz CT molecular complexity index is 1170. The average molecular weight is 448 g/mol. The zero-order valence-corrected chi connectivity index (χ0v) is 18.2. The molecule has 3 aromatic heterocycles. The van der Waals surface area contributed by atoms with Gasteiger partial charge in [0, 0.05) is 32.6 Å². The van der Waals surface area contributed by atoms with Gasteiger partial charge in [-0.05, 0) is 25.2 Å². The summed E-state index contributed by atoms with van der Waals surface area (Å²) in [6, 6.07) is 0. The van der Waals surface area contributed by atoms with E-state index in [-0.39, 0.29) is 23.2 Å². The highest BCUT2D eigenvalue weighted by molar-refractivity contribution is 6.10. The van der Waals surface area contributed by atoms with E-state index in [0.29, 0.717) is 42.6 Å². The number of carbonyl (C=O) groups excluding carboxylic acids is 2. The Morgan fingerprint density at radius 1 is 1.15 bits per heavy atom. The van der Waals surface area contributed by atoms with Gasteiger partial charge in [-0.1, -0.05) is 0 Å². The van der Waals surface area contributed by atoms with Crippen molar-refractivity contribution in [3.05, 3.63) is 48.2 Å². The molecule has 1 saturated heterocycles. The van der Waals surface area contributed by atoms with Gasteiger partial charge in [-0.2, -0.15) is 5.10 Å². The van der Waals surface area contributed by atoms with Gasteiger partial charge in [0.2, 0.25) is 0 Å². The van der Waals surface area contributed by atoms with Crippen LogP contribution in [0.15, 0.2) is 31.1 Å². The van der Waals surface area contributed by atoms with Gasteiger partial charge in [-0.3, -0.25) is 14.3 Å². The number of aryl methyl sites for hydroxylation is 1. The van der Waals surface area contributed by atoms with Gasteiger partial charge in [0.25, 0.3) is 5.91 Å². The van der Waals surface area contributed by atoms with E-state index in [4.69, 9.17) is 4.74 Å². The molecule has 4 heterocycles. The second-order valence-electron chi connectivity index (χ2n) is 8.36. The fourth-order valence-corrected chi connectivity index (χ4v) is 3.87. The normalized spacial score (nSPS) is 17.7. The Labute approximate surface area is 190 Å². The minimum absolute atomic E-state index is 0.0848. The van der Waals surface area contributed by atoms with Crippen LogP contribution in [0.2, 0.25) is 0 Å². The highest BCUT2D eigenvalue weighted by Crippen LogP contribution is 2.39. The summed E-state index contributed by atoms with van der Waals surface area (Å²) >= 11 is 0. The van der Waals surface area contributed by atoms with E-state index in [1.807, 2.05) is 0 Å². The van der Waals surface area contributed by atoms with Crippen LogP contribution in [0.1, 0.15) is 58.3 Å². The van der Waals surface area contributed by atoms with E-state index in [0.717, 1.165) is 25.0 Å². The highest BCUT2D eigenvalue weighted by atomic mass is 16.5. The van der Waals surface area contributed by atoms with Gasteiger partial charge in [-0.25, -0.2) is 19.9 Å². The van der Waals surface area contributed by atoms with Crippen LogP contribution in [0.25, 0.3) is 0 Å². The quantitative estimate of drug-likeness (QED) is 0.498. The zero-order chi connectivity index (χ0) is 22.8. The summed E-state index contributed by atoms with van der Waals surface area (Å²) < 4.78 is 6.87. The van der Waals surface area contributed by atoms with Crippen LogP contribution in [-0.4, -0.2) is 54.6 Å². The fourth-order valence-electron chi connectivity index (χ4n) is 3.87. The Morgan fingerprint density at radius 3 is 2.70 bits per heavy atom. The van der Waals surface area contributed by atoms with Crippen LogP contribution in [0, 0.1) is 5.92 Å². The van der Waals surface area contributed by atoms with Crippen molar-refractivity contribution in [1.29, 1.82) is 0 Å². The molecule has 1 atom stereocenters. The van der Waals surface area contributed by atoms with Gasteiger partial charge >= 0.3 is 0 Å². The van der Waals surface area contributed by atoms with Crippen molar-refractivity contribution in [3.63, 3.8) is 0 Å². The maximum absolute atomic E-state index is 13.3. The number of rotatable bonds is 8. The van der Waals surface area contributed by atoms with Gasteiger partial charge in [0.05, 0.1) is 41.9 Å². The topological polar surface area (TPSA) is 137 Å². The minimum Gasteiger partial charge on any atom is -0.381 e. The summed E-state index contributed by atoms with van der Waals surface area (Å²) in [5.41, 5.74) is 2.19. The summed E-state index contributed by atoms with van der Waals surface area (Å²) in [6.45, 7) is 1.25. The Balaban J connectivity index is 1.40. The summed E-state index contributed by atoms with van der Waals surface area (Å²) in [4.78, 5) is 43.2. The standard InChI is InChI=1S/C22H24N8O3/c1-30-20(18(31)6-13-4-5-33-11-13)17(10-26-30)29-22(32)19-21(27-15-7-23-12-24-8-15)25-9-16(28-19)14-2-3-14/h7-10,12-14H,2-6,11H2,1H3,(H,25,27)(H,29,32)/t13-/m1/s1. The molecule has 2 N–H and O–H groups in total. The molecule has 0 bridgehead atoms. The molecule has 1 aliphatic carbocycles. The molecule has 2 aliphatic rings. The maximum Gasteiger partial charge on any atom is 0.278 e. The molecule has 0 spiro atoms. The molecule has 11 heteroatoms. The van der Waals surface area contributed by atoms with E-state index in [1.54, 1.807) is 25.6 Å². The summed E-state index contributed by atoms with van der Waals surface area (Å²) in [5.74, 6) is 0.226. The summed E-state index contributed by atoms with van der Waals surface area (Å²) in [7, 11) is 1.68. The molecule has 33 heavy (non-hydrogen) atoms. The fraction of sp³-hybridized carbons (Fsp3) is 0.409. The lowest BCUT2D eigenvalue weighted by Crippen LogP contribution is -2.20. The highest BCUT2D eigenvalue weighted by Gasteiger charge is 2.29. The Kier molecular flexibility index (Phi) is 5.78. The van der Waals surface area contributed by atoms with Crippen LogP contribution in [0.4, 0.5) is 17.2 Å². The molecule has 11 nitrogen and oxygen atoms in total. The van der Waals surface area contributed by atoms with Crippen LogP contribution in [0.5, 0.6) is 0 Å². The predicted molar refractivity (Wildman–Crippen MR) is 118 cm³/mol. The number of ether oxygens (including phenoxy) is 1. The molecule has 170 valence electrons. The van der Waals surface area contributed by atoms with Crippen LogP contribution in [-0.2, 0) is 11.8 Å². The zero-order valence-electron chi connectivity index (χ0n) is 18.2. The number of nitrogens with zero attached hydrogens (tertiary/aromatic N) is 6. The molecule has 0 radical (unpaired) electrons. The first-order chi connectivity index (χ1) is 16.1. The summed E-state index contributed by atoms with van der Waals surface area (Å²) in [5, 5.41) is 10.1. The first-order valence-electron chi connectivity index (χ1n) is 10.9. The van der Waals surface area contributed by atoms with Crippen LogP contribution >= 0.6 is 0 Å². The van der Waals surface area contributed by atoms with Crippen molar-refractivity contribution in [3.8, 4) is 0 Å². The first-order valence-corrected chi connectivity index (χ1v) is 10.9. The molecule has 3 aromatic rings. The molecule has 0 unspecified atom stereocenters. The number of hydrogen-bond donors (Lipinski definition) is 2. The number of Topliss-reactive ketones (excluding diaryl/α,β-unsaturated/α-hetero) is 1. The molecule has 5 rings (SSSR count). The predicted octanol–water partition coefficient (Wildman–Crippen LogP) is 2.48. The lowest BCUT2D eigenvalue weighted by atomic mass is 10.00. The van der Waals surface area contributed by atoms with Crippen molar-refractivity contribution in [1.82, 2.24) is 29.7 Å². The molecule has 1 aliphatic heterocycles. The molecular weight excluding hydrogens is 424 g/mol. The molecule has 1 saturated carbocycles. The van der Waals surface area contributed by atoms with E-state index >= 15 is 0 Å². The van der Waals surface area contributed by atoms with Gasteiger partial charge < -0.3 is 15.4 Å². The molecule has 2 fully saturated rings. The van der Waals surface area contributed by atoms with E-state index in [9.17, 15) is 9.59 Å². The number of anilines is 3. The van der Waals surface area contributed by atoms with E-state index < -0.39 is 5.91 Å². The number of amides is 1. The molecule has 1 amide bonds. The smallest absolute Gasteiger partial charge is 0.278 e. The van der Waals surface area contributed by atoms with Gasteiger partial charge in [0.15, 0.2) is 17.3 Å². The number of hydrogen-bond acceptors (Lipinski definition) is 9. The monoisotopic (exact) mass is 448 g/mol. The third-order valence-corrected chi connectivity index (χ3v) is 5.77. The van der Waals surface area contributed by atoms with Crippen molar-refractivity contribution < 1.29 is 14.3 Å². The third kappa shape index (κ3) is 4.72. The molecular formula is C22H24N8O3. The second-order valence-corrected chi connectivity index (χ2v) is 8.36. The SMILES string of the molecule is Cn1ncc(NC(=O)c2nc(C3CC3)cnc2Nc2cncnc2)c1C(=O)C[C@H]1CCOC1. The minimum atomic E-state index is -0.476. The van der Waals surface area contributed by atoms with Gasteiger partial charge in [-0.15, -0.1) is 0 Å². The molecule has 0 aromatic carbocycles. The van der Waals surface area contributed by atoms with Crippen LogP contribution < -0.4 is 10.6 Å². The first kappa shape index (κ1) is 21.1. The van der Waals surface area contributed by atoms with Crippen LogP contribution in [0.3, 0.4) is 0 Å². The van der Waals surface area contributed by atoms with Crippen molar-refractivity contribution in [2.45, 2.75) is 31.6 Å². The number of nitrogens with one attached hydrogen (secondary N) is 2. The van der Waals surface area contributed by atoms with E-state index in [2.05, 4.69) is 35.7 Å². The lowest BCUT2D eigenvalue weighted by Gasteiger charge is -2.12. The third-order valence-electron chi connectivity index (χ3n) is 5.77. The maximum atomic E-state index is 13.3. The Hall–Kier alpha value is -3.73. The average Bonchev–Trinajstić information content (AvgIpc) is 3.43. The summed E-state index contributed by atoms with van der Waals surface area (Å²) in [6.07, 6.45) is 11.0. The van der Waals surface area contributed by atoms with Gasteiger partial charge in [0.1, 0.15) is 12.0 Å². The largest absolute Gasteiger partial charge is 0.381 e. The van der Waals surface area contributed by atoms with Crippen molar-refractivity contribution >= 4 is 28.9 Å².